The zero-order chi connectivity index (χ0) is 12.8. The van der Waals surface area contributed by atoms with Crippen LogP contribution in [-0.4, -0.2) is 31.6 Å². The number of halogens is 1. The van der Waals surface area contributed by atoms with Crippen LogP contribution in [0.2, 0.25) is 5.02 Å². The quantitative estimate of drug-likeness (QED) is 0.840. The average molecular weight is 255 g/mol. The van der Waals surface area contributed by atoms with Gasteiger partial charge >= 0.3 is 0 Å². The van der Waals surface area contributed by atoms with E-state index in [-0.39, 0.29) is 0 Å². The first-order valence-electron chi connectivity index (χ1n) is 6.14. The first-order chi connectivity index (χ1) is 8.04. The molecule has 2 nitrogen and oxygen atoms in total. The maximum absolute atomic E-state index is 5.89. The maximum Gasteiger partial charge on any atom is 0.0406 e. The van der Waals surface area contributed by atoms with Crippen molar-refractivity contribution < 1.29 is 0 Å². The Labute approximate surface area is 110 Å². The minimum atomic E-state index is 0.552. The fourth-order valence-electron chi connectivity index (χ4n) is 2.10. The van der Waals surface area contributed by atoms with Crippen molar-refractivity contribution in [2.75, 3.05) is 20.6 Å². The fraction of sp³-hybridized carbons (Fsp3) is 0.571. The van der Waals surface area contributed by atoms with Crippen molar-refractivity contribution in [1.82, 2.24) is 10.2 Å². The molecule has 1 aromatic carbocycles. The minimum absolute atomic E-state index is 0.552. The molecule has 0 aliphatic heterocycles. The van der Waals surface area contributed by atoms with E-state index in [1.165, 1.54) is 5.56 Å². The normalized spacial score (nSPS) is 13.4. The summed E-state index contributed by atoms with van der Waals surface area (Å²) in [7, 11) is 4.18. The van der Waals surface area contributed by atoms with Crippen LogP contribution in [0.4, 0.5) is 0 Å². The molecule has 0 aliphatic rings. The van der Waals surface area contributed by atoms with E-state index in [0.29, 0.717) is 12.0 Å². The number of hydrogen-bond acceptors (Lipinski definition) is 2. The number of likely N-dealkylation sites (N-methyl/N-ethyl adjacent to an activating group) is 2. The lowest BCUT2D eigenvalue weighted by Gasteiger charge is -2.31. The summed E-state index contributed by atoms with van der Waals surface area (Å²) in [5.74, 6) is 0.639. The predicted octanol–water partition coefficient (Wildman–Crippen LogP) is 3.02. The highest BCUT2D eigenvalue weighted by molar-refractivity contribution is 6.30. The van der Waals surface area contributed by atoms with Gasteiger partial charge in [-0.05, 0) is 37.7 Å². The molecular weight excluding hydrogens is 232 g/mol. The van der Waals surface area contributed by atoms with Crippen LogP contribution >= 0.6 is 11.6 Å². The SMILES string of the molecule is CNCC(C(C)C)N(C)Cc1ccc(Cl)cc1. The molecule has 0 spiro atoms. The summed E-state index contributed by atoms with van der Waals surface area (Å²) in [5, 5.41) is 4.06. The lowest BCUT2D eigenvalue weighted by Crippen LogP contribution is -2.42. The van der Waals surface area contributed by atoms with Gasteiger partial charge in [-0.3, -0.25) is 4.90 Å². The third-order valence-corrected chi connectivity index (χ3v) is 3.35. The lowest BCUT2D eigenvalue weighted by atomic mass is 10.0. The van der Waals surface area contributed by atoms with Crippen molar-refractivity contribution >= 4 is 11.6 Å². The van der Waals surface area contributed by atoms with E-state index in [9.17, 15) is 0 Å². The highest BCUT2D eigenvalue weighted by atomic mass is 35.5. The molecule has 0 aliphatic carbocycles. The highest BCUT2D eigenvalue weighted by Gasteiger charge is 2.17. The Balaban J connectivity index is 2.62. The molecule has 3 heteroatoms. The van der Waals surface area contributed by atoms with Crippen LogP contribution in [0, 0.1) is 5.92 Å². The van der Waals surface area contributed by atoms with Gasteiger partial charge in [0.05, 0.1) is 0 Å². The summed E-state index contributed by atoms with van der Waals surface area (Å²) in [5.41, 5.74) is 1.30. The van der Waals surface area contributed by atoms with E-state index in [2.05, 4.69) is 43.2 Å². The van der Waals surface area contributed by atoms with Gasteiger partial charge in [-0.1, -0.05) is 37.6 Å². The Morgan fingerprint density at radius 3 is 2.29 bits per heavy atom. The van der Waals surface area contributed by atoms with E-state index >= 15 is 0 Å². The monoisotopic (exact) mass is 254 g/mol. The Morgan fingerprint density at radius 2 is 1.82 bits per heavy atom. The molecule has 1 N–H and O–H groups in total. The first kappa shape index (κ1) is 14.5. The molecule has 1 rings (SSSR count). The molecule has 1 unspecified atom stereocenters. The van der Waals surface area contributed by atoms with Gasteiger partial charge < -0.3 is 5.32 Å². The smallest absolute Gasteiger partial charge is 0.0406 e. The molecule has 0 radical (unpaired) electrons. The predicted molar refractivity (Wildman–Crippen MR) is 75.5 cm³/mol. The van der Waals surface area contributed by atoms with Gasteiger partial charge in [-0.25, -0.2) is 0 Å². The molecule has 0 saturated carbocycles. The number of nitrogens with zero attached hydrogens (tertiary/aromatic N) is 1. The molecule has 0 fully saturated rings. The standard InChI is InChI=1S/C14H23ClN2/c1-11(2)14(9-16-3)17(4)10-12-5-7-13(15)8-6-12/h5-8,11,14,16H,9-10H2,1-4H3. The summed E-state index contributed by atoms with van der Waals surface area (Å²) in [6.07, 6.45) is 0. The topological polar surface area (TPSA) is 15.3 Å². The van der Waals surface area contributed by atoms with E-state index in [0.717, 1.165) is 18.1 Å². The Morgan fingerprint density at radius 1 is 1.24 bits per heavy atom. The third-order valence-electron chi connectivity index (χ3n) is 3.09. The maximum atomic E-state index is 5.89. The molecule has 0 aromatic heterocycles. The largest absolute Gasteiger partial charge is 0.318 e. The van der Waals surface area contributed by atoms with E-state index in [1.807, 2.05) is 19.2 Å². The summed E-state index contributed by atoms with van der Waals surface area (Å²) in [6, 6.07) is 8.64. The average Bonchev–Trinajstić information content (AvgIpc) is 2.28. The van der Waals surface area contributed by atoms with Gasteiger partial charge in [0.1, 0.15) is 0 Å². The van der Waals surface area contributed by atoms with Crippen molar-refractivity contribution in [3.05, 3.63) is 34.9 Å². The van der Waals surface area contributed by atoms with E-state index in [4.69, 9.17) is 11.6 Å². The Kier molecular flexibility index (Phi) is 5.96. The highest BCUT2D eigenvalue weighted by Crippen LogP contribution is 2.14. The first-order valence-corrected chi connectivity index (χ1v) is 6.51. The summed E-state index contributed by atoms with van der Waals surface area (Å²) < 4.78 is 0. The van der Waals surface area contributed by atoms with E-state index < -0.39 is 0 Å². The molecule has 0 bridgehead atoms. The molecule has 96 valence electrons. The van der Waals surface area contributed by atoms with Crippen molar-refractivity contribution in [2.24, 2.45) is 5.92 Å². The second-order valence-corrected chi connectivity index (χ2v) is 5.35. The van der Waals surface area contributed by atoms with Crippen molar-refractivity contribution in [3.63, 3.8) is 0 Å². The molecule has 1 atom stereocenters. The molecule has 1 aromatic rings. The van der Waals surface area contributed by atoms with Crippen LogP contribution in [0.15, 0.2) is 24.3 Å². The van der Waals surface area contributed by atoms with Crippen LogP contribution in [0.5, 0.6) is 0 Å². The number of hydrogen-bond donors (Lipinski definition) is 1. The molecule has 17 heavy (non-hydrogen) atoms. The fourth-order valence-corrected chi connectivity index (χ4v) is 2.23. The van der Waals surface area contributed by atoms with Crippen molar-refractivity contribution in [3.8, 4) is 0 Å². The third kappa shape index (κ3) is 4.66. The molecular formula is C14H23ClN2. The lowest BCUT2D eigenvalue weighted by molar-refractivity contribution is 0.182. The number of nitrogens with one attached hydrogen (secondary N) is 1. The van der Waals surface area contributed by atoms with Crippen LogP contribution in [0.1, 0.15) is 19.4 Å². The Hall–Kier alpha value is -0.570. The molecule has 0 amide bonds. The second-order valence-electron chi connectivity index (χ2n) is 4.91. The van der Waals surface area contributed by atoms with Crippen LogP contribution in [0.3, 0.4) is 0 Å². The molecule has 0 heterocycles. The van der Waals surface area contributed by atoms with Crippen LogP contribution < -0.4 is 5.32 Å². The van der Waals surface area contributed by atoms with Gasteiger partial charge in [0.25, 0.3) is 0 Å². The van der Waals surface area contributed by atoms with Crippen molar-refractivity contribution in [2.45, 2.75) is 26.4 Å². The summed E-state index contributed by atoms with van der Waals surface area (Å²) in [4.78, 5) is 2.39. The van der Waals surface area contributed by atoms with Gasteiger partial charge in [0, 0.05) is 24.2 Å². The second kappa shape index (κ2) is 7.00. The number of rotatable bonds is 6. The van der Waals surface area contributed by atoms with Gasteiger partial charge in [-0.2, -0.15) is 0 Å². The van der Waals surface area contributed by atoms with Gasteiger partial charge in [0.2, 0.25) is 0 Å². The minimum Gasteiger partial charge on any atom is -0.318 e. The van der Waals surface area contributed by atoms with Gasteiger partial charge in [0.15, 0.2) is 0 Å². The van der Waals surface area contributed by atoms with Crippen molar-refractivity contribution in [1.29, 1.82) is 0 Å². The van der Waals surface area contributed by atoms with Gasteiger partial charge in [-0.15, -0.1) is 0 Å². The van der Waals surface area contributed by atoms with Crippen LogP contribution in [0.25, 0.3) is 0 Å². The van der Waals surface area contributed by atoms with Crippen LogP contribution in [-0.2, 0) is 6.54 Å². The summed E-state index contributed by atoms with van der Waals surface area (Å²) >= 11 is 5.89. The molecule has 0 saturated heterocycles. The summed E-state index contributed by atoms with van der Waals surface area (Å²) in [6.45, 7) is 6.50. The Bertz CT molecular complexity index is 321. The number of benzene rings is 1. The van der Waals surface area contributed by atoms with E-state index in [1.54, 1.807) is 0 Å². The zero-order valence-corrected chi connectivity index (χ0v) is 12.0. The zero-order valence-electron chi connectivity index (χ0n) is 11.2.